The van der Waals surface area contributed by atoms with Crippen LogP contribution in [-0.4, -0.2) is 45.5 Å². The predicted molar refractivity (Wildman–Crippen MR) is 79.1 cm³/mol. The second-order valence-electron chi connectivity index (χ2n) is 6.74. The minimum absolute atomic E-state index is 0.0514. The summed E-state index contributed by atoms with van der Waals surface area (Å²) in [7, 11) is -2.86. The number of rotatable bonds is 4. The van der Waals surface area contributed by atoms with Crippen LogP contribution < -0.4 is 10.6 Å². The minimum atomic E-state index is -2.86. The van der Waals surface area contributed by atoms with Crippen molar-refractivity contribution in [2.24, 2.45) is 17.3 Å². The van der Waals surface area contributed by atoms with Crippen molar-refractivity contribution >= 4 is 15.7 Å². The summed E-state index contributed by atoms with van der Waals surface area (Å²) in [6.07, 6.45) is 2.86. The van der Waals surface area contributed by atoms with Crippen molar-refractivity contribution in [1.29, 1.82) is 0 Å². The first kappa shape index (κ1) is 15.8. The minimum Gasteiger partial charge on any atom is -0.355 e. The fourth-order valence-corrected chi connectivity index (χ4v) is 5.01. The summed E-state index contributed by atoms with van der Waals surface area (Å²) in [4.78, 5) is 12.4. The van der Waals surface area contributed by atoms with Gasteiger partial charge in [0.2, 0.25) is 5.91 Å². The summed E-state index contributed by atoms with van der Waals surface area (Å²) in [5.41, 5.74) is -0.398. The first-order valence-electron chi connectivity index (χ1n) is 7.51. The maximum Gasteiger partial charge on any atom is 0.225 e. The SMILES string of the molecule is CC(C)(C(=O)NCC1CCS(=O)(=O)C1)C1CCCNC1. The van der Waals surface area contributed by atoms with Crippen LogP contribution in [0.1, 0.15) is 33.1 Å². The van der Waals surface area contributed by atoms with Crippen molar-refractivity contribution in [3.63, 3.8) is 0 Å². The zero-order valence-electron chi connectivity index (χ0n) is 12.4. The Kier molecular flexibility index (Phi) is 4.74. The Balaban J connectivity index is 1.84. The van der Waals surface area contributed by atoms with Crippen LogP contribution in [0.4, 0.5) is 0 Å². The third-order valence-corrected chi connectivity index (χ3v) is 6.62. The lowest BCUT2D eigenvalue weighted by Crippen LogP contribution is -2.48. The lowest BCUT2D eigenvalue weighted by atomic mass is 9.74. The van der Waals surface area contributed by atoms with Gasteiger partial charge in [0.15, 0.2) is 9.84 Å². The smallest absolute Gasteiger partial charge is 0.225 e. The monoisotopic (exact) mass is 302 g/mol. The second-order valence-corrected chi connectivity index (χ2v) is 8.97. The molecule has 2 aliphatic rings. The van der Waals surface area contributed by atoms with Crippen LogP contribution in [0, 0.1) is 17.3 Å². The second kappa shape index (κ2) is 6.02. The molecule has 0 radical (unpaired) electrons. The van der Waals surface area contributed by atoms with E-state index in [-0.39, 0.29) is 23.3 Å². The van der Waals surface area contributed by atoms with E-state index >= 15 is 0 Å². The molecular formula is C14H26N2O3S. The average molecular weight is 302 g/mol. The Bertz CT molecular complexity index is 453. The average Bonchev–Trinajstić information content (AvgIpc) is 2.76. The van der Waals surface area contributed by atoms with Gasteiger partial charge in [0.05, 0.1) is 11.5 Å². The lowest BCUT2D eigenvalue weighted by Gasteiger charge is -2.36. The standard InChI is InChI=1S/C14H26N2O3S/c1-14(2,12-4-3-6-15-9-12)13(17)16-8-11-5-7-20(18,19)10-11/h11-12,15H,3-10H2,1-2H3,(H,16,17). The molecule has 2 heterocycles. The molecule has 0 saturated carbocycles. The molecule has 2 rings (SSSR count). The van der Waals surface area contributed by atoms with E-state index < -0.39 is 15.3 Å². The highest BCUT2D eigenvalue weighted by Crippen LogP contribution is 2.32. The molecule has 2 N–H and O–H groups in total. The van der Waals surface area contributed by atoms with Gasteiger partial charge in [0, 0.05) is 12.0 Å². The Morgan fingerprint density at radius 2 is 2.10 bits per heavy atom. The number of hydrogen-bond donors (Lipinski definition) is 2. The largest absolute Gasteiger partial charge is 0.355 e. The molecule has 116 valence electrons. The highest BCUT2D eigenvalue weighted by molar-refractivity contribution is 7.91. The third-order valence-electron chi connectivity index (χ3n) is 4.78. The predicted octanol–water partition coefficient (Wildman–Crippen LogP) is 0.563. The third kappa shape index (κ3) is 3.73. The number of hydrogen-bond acceptors (Lipinski definition) is 4. The van der Waals surface area contributed by atoms with E-state index in [1.807, 2.05) is 13.8 Å². The van der Waals surface area contributed by atoms with E-state index in [1.165, 1.54) is 0 Å². The number of carbonyl (C=O) groups is 1. The van der Waals surface area contributed by atoms with Crippen molar-refractivity contribution in [2.75, 3.05) is 31.1 Å². The molecule has 20 heavy (non-hydrogen) atoms. The van der Waals surface area contributed by atoms with Gasteiger partial charge in [-0.2, -0.15) is 0 Å². The first-order chi connectivity index (χ1) is 9.31. The summed E-state index contributed by atoms with van der Waals surface area (Å²) in [6, 6.07) is 0. The molecule has 2 unspecified atom stereocenters. The Morgan fingerprint density at radius 1 is 1.35 bits per heavy atom. The summed E-state index contributed by atoms with van der Waals surface area (Å²) >= 11 is 0. The Morgan fingerprint density at radius 3 is 2.65 bits per heavy atom. The number of carbonyl (C=O) groups excluding carboxylic acids is 1. The van der Waals surface area contributed by atoms with Crippen LogP contribution in [0.5, 0.6) is 0 Å². The van der Waals surface area contributed by atoms with Gasteiger partial charge in [-0.15, -0.1) is 0 Å². The number of amides is 1. The number of piperidine rings is 1. The summed E-state index contributed by atoms with van der Waals surface area (Å²) in [6.45, 7) is 6.39. The molecule has 2 saturated heterocycles. The molecule has 0 aliphatic carbocycles. The van der Waals surface area contributed by atoms with Crippen molar-refractivity contribution in [2.45, 2.75) is 33.1 Å². The Hall–Kier alpha value is -0.620. The van der Waals surface area contributed by atoms with Gasteiger partial charge >= 0.3 is 0 Å². The molecule has 0 bridgehead atoms. The van der Waals surface area contributed by atoms with Crippen LogP contribution >= 0.6 is 0 Å². The van der Waals surface area contributed by atoms with Crippen molar-refractivity contribution in [1.82, 2.24) is 10.6 Å². The molecule has 1 amide bonds. The van der Waals surface area contributed by atoms with Gasteiger partial charge < -0.3 is 10.6 Å². The highest BCUT2D eigenvalue weighted by atomic mass is 32.2. The number of nitrogens with one attached hydrogen (secondary N) is 2. The maximum absolute atomic E-state index is 12.4. The quantitative estimate of drug-likeness (QED) is 0.796. The molecule has 5 nitrogen and oxygen atoms in total. The van der Waals surface area contributed by atoms with Gasteiger partial charge in [-0.3, -0.25) is 4.79 Å². The summed E-state index contributed by atoms with van der Waals surface area (Å²) < 4.78 is 22.8. The molecule has 0 aromatic carbocycles. The van der Waals surface area contributed by atoms with E-state index in [0.29, 0.717) is 18.9 Å². The molecular weight excluding hydrogens is 276 g/mol. The molecule has 2 atom stereocenters. The van der Waals surface area contributed by atoms with Crippen molar-refractivity contribution < 1.29 is 13.2 Å². The van der Waals surface area contributed by atoms with Crippen molar-refractivity contribution in [3.8, 4) is 0 Å². The zero-order chi connectivity index (χ0) is 14.8. The molecule has 0 aromatic heterocycles. The summed E-state index contributed by atoms with van der Waals surface area (Å²) in [5.74, 6) is 0.977. The summed E-state index contributed by atoms with van der Waals surface area (Å²) in [5, 5.41) is 6.31. The molecule has 2 aliphatic heterocycles. The lowest BCUT2D eigenvalue weighted by molar-refractivity contribution is -0.132. The highest BCUT2D eigenvalue weighted by Gasteiger charge is 2.37. The van der Waals surface area contributed by atoms with Crippen LogP contribution in [0.15, 0.2) is 0 Å². The van der Waals surface area contributed by atoms with E-state index in [2.05, 4.69) is 10.6 Å². The van der Waals surface area contributed by atoms with Gasteiger partial charge in [-0.1, -0.05) is 13.8 Å². The van der Waals surface area contributed by atoms with Gasteiger partial charge in [-0.25, -0.2) is 8.42 Å². The maximum atomic E-state index is 12.4. The molecule has 0 spiro atoms. The molecule has 0 aromatic rings. The molecule has 2 fully saturated rings. The van der Waals surface area contributed by atoms with E-state index in [4.69, 9.17) is 0 Å². The molecule has 6 heteroatoms. The normalized spacial score (nSPS) is 30.1. The number of sulfone groups is 1. The topological polar surface area (TPSA) is 75.3 Å². The fraction of sp³-hybridized carbons (Fsp3) is 0.929. The Labute approximate surface area is 121 Å². The first-order valence-corrected chi connectivity index (χ1v) is 9.33. The van der Waals surface area contributed by atoms with Crippen LogP contribution in [-0.2, 0) is 14.6 Å². The van der Waals surface area contributed by atoms with Gasteiger partial charge in [-0.05, 0) is 44.2 Å². The van der Waals surface area contributed by atoms with Gasteiger partial charge in [0.1, 0.15) is 0 Å². The van der Waals surface area contributed by atoms with Crippen LogP contribution in [0.3, 0.4) is 0 Å². The zero-order valence-corrected chi connectivity index (χ0v) is 13.3. The van der Waals surface area contributed by atoms with Crippen LogP contribution in [0.2, 0.25) is 0 Å². The van der Waals surface area contributed by atoms with Crippen molar-refractivity contribution in [3.05, 3.63) is 0 Å². The van der Waals surface area contributed by atoms with E-state index in [9.17, 15) is 13.2 Å². The fourth-order valence-electron chi connectivity index (χ4n) is 3.15. The van der Waals surface area contributed by atoms with E-state index in [0.717, 1.165) is 25.9 Å². The van der Waals surface area contributed by atoms with E-state index in [1.54, 1.807) is 0 Å². The van der Waals surface area contributed by atoms with Gasteiger partial charge in [0.25, 0.3) is 0 Å². The van der Waals surface area contributed by atoms with Crippen LogP contribution in [0.25, 0.3) is 0 Å².